The fourth-order valence-corrected chi connectivity index (χ4v) is 8.86. The van der Waals surface area contributed by atoms with E-state index < -0.39 is 27.9 Å². The van der Waals surface area contributed by atoms with Crippen LogP contribution in [0.5, 0.6) is 0 Å². The number of carbonyl (C=O) groups is 3. The maximum atomic E-state index is 13.8. The number of aliphatic hydroxyl groups excluding tert-OH is 1. The predicted molar refractivity (Wildman–Crippen MR) is 131 cm³/mol. The summed E-state index contributed by atoms with van der Waals surface area (Å²) in [5.41, 5.74) is -1.66. The van der Waals surface area contributed by atoms with Crippen molar-refractivity contribution < 1.29 is 24.2 Å². The van der Waals surface area contributed by atoms with E-state index in [2.05, 4.69) is 34.6 Å². The number of ketones is 2. The SMILES string of the molecule is CCCC(=O)[C@@]1(OC(=O)CC)[C@H](C)C[C@H]2[C@@H]3C[C@H](C)C4=CC(=O)C=C[C@]4(C)[C@@]3(C)[C@@H](O)C[C@@]21C. The number of esters is 1. The smallest absolute Gasteiger partial charge is 0.306 e. The minimum Gasteiger partial charge on any atom is -0.450 e. The topological polar surface area (TPSA) is 80.7 Å². The molecule has 0 saturated heterocycles. The Morgan fingerprint density at radius 3 is 2.41 bits per heavy atom. The first-order valence-electron chi connectivity index (χ1n) is 13.2. The lowest BCUT2D eigenvalue weighted by Gasteiger charge is -2.66. The van der Waals surface area contributed by atoms with Gasteiger partial charge in [0.15, 0.2) is 17.2 Å². The average molecular weight is 471 g/mol. The number of hydrogen-bond acceptors (Lipinski definition) is 5. The van der Waals surface area contributed by atoms with Gasteiger partial charge in [-0.1, -0.05) is 60.1 Å². The Morgan fingerprint density at radius 1 is 1.12 bits per heavy atom. The lowest BCUT2D eigenvalue weighted by molar-refractivity contribution is -0.222. The maximum Gasteiger partial charge on any atom is 0.306 e. The third-order valence-electron chi connectivity index (χ3n) is 10.7. The number of rotatable bonds is 5. The van der Waals surface area contributed by atoms with Gasteiger partial charge in [0, 0.05) is 35.0 Å². The van der Waals surface area contributed by atoms with Gasteiger partial charge in [0.25, 0.3) is 0 Å². The molecule has 0 aromatic rings. The minimum atomic E-state index is -1.21. The molecule has 0 aliphatic heterocycles. The van der Waals surface area contributed by atoms with Crippen LogP contribution >= 0.6 is 0 Å². The van der Waals surface area contributed by atoms with Crippen molar-refractivity contribution in [2.45, 2.75) is 98.7 Å². The summed E-state index contributed by atoms with van der Waals surface area (Å²) >= 11 is 0. The summed E-state index contributed by atoms with van der Waals surface area (Å²) in [4.78, 5) is 38.8. The molecular formula is C29H42O5. The molecule has 5 heteroatoms. The second-order valence-corrected chi connectivity index (χ2v) is 12.2. The molecule has 4 rings (SSSR count). The molecule has 0 heterocycles. The van der Waals surface area contributed by atoms with Crippen molar-refractivity contribution in [2.75, 3.05) is 0 Å². The molecule has 0 unspecified atom stereocenters. The molecule has 3 saturated carbocycles. The summed E-state index contributed by atoms with van der Waals surface area (Å²) in [7, 11) is 0. The van der Waals surface area contributed by atoms with Crippen LogP contribution in [0.4, 0.5) is 0 Å². The van der Waals surface area contributed by atoms with E-state index in [0.717, 1.165) is 18.4 Å². The van der Waals surface area contributed by atoms with Crippen molar-refractivity contribution in [3.8, 4) is 0 Å². The van der Waals surface area contributed by atoms with E-state index in [1.165, 1.54) is 0 Å². The summed E-state index contributed by atoms with van der Waals surface area (Å²) in [6.07, 6.45) is 8.09. The van der Waals surface area contributed by atoms with Gasteiger partial charge < -0.3 is 9.84 Å². The largest absolute Gasteiger partial charge is 0.450 e. The number of aliphatic hydroxyl groups is 1. The number of fused-ring (bicyclic) bond motifs is 5. The van der Waals surface area contributed by atoms with Crippen LogP contribution in [0.15, 0.2) is 23.8 Å². The van der Waals surface area contributed by atoms with Crippen molar-refractivity contribution in [2.24, 2.45) is 39.9 Å². The van der Waals surface area contributed by atoms with Gasteiger partial charge in [-0.15, -0.1) is 0 Å². The Morgan fingerprint density at radius 2 is 1.79 bits per heavy atom. The normalized spacial score (nSPS) is 47.4. The molecule has 0 aromatic heterocycles. The first kappa shape index (κ1) is 25.3. The van der Waals surface area contributed by atoms with Gasteiger partial charge in [0.1, 0.15) is 0 Å². The number of Topliss-reactive ketones (excluding diaryl/α,β-unsaturated/α-hetero) is 1. The molecule has 188 valence electrons. The van der Waals surface area contributed by atoms with E-state index in [4.69, 9.17) is 4.74 Å². The van der Waals surface area contributed by atoms with Crippen LogP contribution in [0.1, 0.15) is 87.0 Å². The zero-order valence-corrected chi connectivity index (χ0v) is 21.9. The second-order valence-electron chi connectivity index (χ2n) is 12.2. The number of carbonyl (C=O) groups excluding carboxylic acids is 3. The molecule has 3 fully saturated rings. The minimum absolute atomic E-state index is 0.00363. The van der Waals surface area contributed by atoms with Gasteiger partial charge in [-0.05, 0) is 55.6 Å². The van der Waals surface area contributed by atoms with Crippen molar-refractivity contribution >= 4 is 17.5 Å². The van der Waals surface area contributed by atoms with Gasteiger partial charge >= 0.3 is 5.97 Å². The summed E-state index contributed by atoms with van der Waals surface area (Å²) < 4.78 is 6.21. The molecule has 0 spiro atoms. The molecule has 5 nitrogen and oxygen atoms in total. The molecule has 0 bridgehead atoms. The Hall–Kier alpha value is -1.75. The lowest BCUT2D eigenvalue weighted by atomic mass is 9.38. The van der Waals surface area contributed by atoms with E-state index in [9.17, 15) is 19.5 Å². The highest BCUT2D eigenvalue weighted by atomic mass is 16.6. The van der Waals surface area contributed by atoms with Gasteiger partial charge in [0.2, 0.25) is 0 Å². The van der Waals surface area contributed by atoms with E-state index in [0.29, 0.717) is 19.3 Å². The molecule has 4 aliphatic rings. The Balaban J connectivity index is 1.87. The van der Waals surface area contributed by atoms with Crippen LogP contribution in [-0.4, -0.2) is 34.3 Å². The van der Waals surface area contributed by atoms with E-state index >= 15 is 0 Å². The molecule has 9 atom stereocenters. The van der Waals surface area contributed by atoms with Crippen LogP contribution in [0.2, 0.25) is 0 Å². The number of ether oxygens (including phenoxy) is 1. The van der Waals surface area contributed by atoms with Gasteiger partial charge in [-0.2, -0.15) is 0 Å². The van der Waals surface area contributed by atoms with Gasteiger partial charge in [0.05, 0.1) is 6.10 Å². The third-order valence-corrected chi connectivity index (χ3v) is 10.7. The summed E-state index contributed by atoms with van der Waals surface area (Å²) in [5.74, 6) is 0.0227. The summed E-state index contributed by atoms with van der Waals surface area (Å²) in [5, 5.41) is 12.0. The van der Waals surface area contributed by atoms with E-state index in [-0.39, 0.29) is 47.6 Å². The molecule has 0 radical (unpaired) electrons. The quantitative estimate of drug-likeness (QED) is 0.558. The predicted octanol–water partition coefficient (Wildman–Crippen LogP) is 5.21. The monoisotopic (exact) mass is 470 g/mol. The fourth-order valence-electron chi connectivity index (χ4n) is 8.86. The molecule has 34 heavy (non-hydrogen) atoms. The van der Waals surface area contributed by atoms with Gasteiger partial charge in [-0.25, -0.2) is 0 Å². The van der Waals surface area contributed by atoms with E-state index in [1.54, 1.807) is 19.1 Å². The Labute approximate surface area is 204 Å². The highest BCUT2D eigenvalue weighted by molar-refractivity contribution is 6.01. The van der Waals surface area contributed by atoms with Crippen LogP contribution < -0.4 is 0 Å². The van der Waals surface area contributed by atoms with Crippen molar-refractivity contribution in [1.82, 2.24) is 0 Å². The van der Waals surface area contributed by atoms with Crippen molar-refractivity contribution in [3.63, 3.8) is 0 Å². The molecule has 4 aliphatic carbocycles. The molecule has 0 aromatic carbocycles. The van der Waals surface area contributed by atoms with Crippen molar-refractivity contribution in [1.29, 1.82) is 0 Å². The Kier molecular flexibility index (Phi) is 6.07. The maximum absolute atomic E-state index is 13.8. The molecule has 0 amide bonds. The summed E-state index contributed by atoms with van der Waals surface area (Å²) in [6, 6.07) is 0. The zero-order valence-electron chi connectivity index (χ0n) is 21.9. The average Bonchev–Trinajstić information content (AvgIpc) is 2.99. The first-order valence-corrected chi connectivity index (χ1v) is 13.2. The number of hydrogen-bond donors (Lipinski definition) is 1. The van der Waals surface area contributed by atoms with Crippen LogP contribution in [0, 0.1) is 39.9 Å². The van der Waals surface area contributed by atoms with Crippen molar-refractivity contribution in [3.05, 3.63) is 23.8 Å². The fraction of sp³-hybridized carbons (Fsp3) is 0.759. The highest BCUT2D eigenvalue weighted by Gasteiger charge is 2.75. The Bertz CT molecular complexity index is 964. The molecular weight excluding hydrogens is 428 g/mol. The van der Waals surface area contributed by atoms with Crippen LogP contribution in [-0.2, 0) is 19.1 Å². The highest BCUT2D eigenvalue weighted by Crippen LogP contribution is 2.74. The second kappa shape index (κ2) is 8.15. The standard InChI is InChI=1S/C29H42O5/c1-8-10-23(31)29(34-25(33)9-2)18(4)14-21-22-13-17(3)20-15-19(30)11-12-26(20,5)28(22,7)24(32)16-27(21,29)6/h11-12,15,17-18,21-22,24,32H,8-10,13-14,16H2,1-7H3/t17-,18+,21-,22-,24-,26-,27-,28+,29-/m0/s1. The van der Waals surface area contributed by atoms with E-state index in [1.807, 2.05) is 13.0 Å². The molecule has 1 N–H and O–H groups in total. The lowest BCUT2D eigenvalue weighted by Crippen LogP contribution is -2.67. The van der Waals surface area contributed by atoms with Gasteiger partial charge in [-0.3, -0.25) is 14.4 Å². The summed E-state index contributed by atoms with van der Waals surface area (Å²) in [6.45, 7) is 14.4. The third kappa shape index (κ3) is 2.98. The first-order chi connectivity index (χ1) is 15.8. The van der Waals surface area contributed by atoms with Crippen LogP contribution in [0.25, 0.3) is 0 Å². The van der Waals surface area contributed by atoms with Crippen LogP contribution in [0.3, 0.4) is 0 Å². The zero-order chi connectivity index (χ0) is 25.3. The number of allylic oxidation sites excluding steroid dienone is 4.